The number of pyridine rings is 1. The van der Waals surface area contributed by atoms with E-state index < -0.39 is 17.6 Å². The van der Waals surface area contributed by atoms with E-state index in [0.717, 1.165) is 38.6 Å². The Hall–Kier alpha value is -3.26. The fraction of sp³-hybridized carbons (Fsp3) is 0.0952. The number of rotatable bonds is 3. The van der Waals surface area contributed by atoms with Crippen molar-refractivity contribution in [3.8, 4) is 10.6 Å². The van der Waals surface area contributed by atoms with Crippen molar-refractivity contribution in [2.24, 2.45) is 0 Å². The van der Waals surface area contributed by atoms with Crippen molar-refractivity contribution in [2.45, 2.75) is 13.1 Å². The first-order valence-electron chi connectivity index (χ1n) is 8.62. The molecule has 0 bridgehead atoms. The van der Waals surface area contributed by atoms with Crippen LogP contribution in [0.2, 0.25) is 0 Å². The maximum absolute atomic E-state index is 12.9. The molecule has 8 heteroatoms. The largest absolute Gasteiger partial charge is 0.416 e. The first kappa shape index (κ1) is 19.1. The van der Waals surface area contributed by atoms with Crippen molar-refractivity contribution in [1.29, 1.82) is 0 Å². The zero-order chi connectivity index (χ0) is 20.6. The van der Waals surface area contributed by atoms with E-state index in [4.69, 9.17) is 0 Å². The summed E-state index contributed by atoms with van der Waals surface area (Å²) in [6.45, 7) is 1.82. The minimum atomic E-state index is -4.50. The molecule has 29 heavy (non-hydrogen) atoms. The van der Waals surface area contributed by atoms with Crippen LogP contribution < -0.4 is 5.32 Å². The summed E-state index contributed by atoms with van der Waals surface area (Å²) in [5, 5.41) is 3.48. The minimum Gasteiger partial charge on any atom is -0.322 e. The SMILES string of the molecule is Cc1cc(-c2nc3cccnc3s2)ccc1NC(=O)c1cccc(C(F)(F)F)c1. The quantitative estimate of drug-likeness (QED) is 0.452. The third kappa shape index (κ3) is 3.97. The van der Waals surface area contributed by atoms with Crippen molar-refractivity contribution in [1.82, 2.24) is 9.97 Å². The normalized spacial score (nSPS) is 11.6. The predicted octanol–water partition coefficient (Wildman–Crippen LogP) is 5.94. The van der Waals surface area contributed by atoms with Gasteiger partial charge in [-0.25, -0.2) is 9.97 Å². The van der Waals surface area contributed by atoms with Crippen LogP contribution >= 0.6 is 11.3 Å². The second-order valence-electron chi connectivity index (χ2n) is 6.41. The van der Waals surface area contributed by atoms with E-state index in [1.165, 1.54) is 23.5 Å². The van der Waals surface area contributed by atoms with E-state index in [1.54, 1.807) is 12.3 Å². The molecule has 4 nitrogen and oxygen atoms in total. The average Bonchev–Trinajstić information content (AvgIpc) is 3.13. The van der Waals surface area contributed by atoms with Gasteiger partial charge in [0.05, 0.1) is 5.56 Å². The van der Waals surface area contributed by atoms with Gasteiger partial charge in [0, 0.05) is 23.0 Å². The third-order valence-corrected chi connectivity index (χ3v) is 5.37. The van der Waals surface area contributed by atoms with Crippen LogP contribution in [-0.4, -0.2) is 15.9 Å². The zero-order valence-electron chi connectivity index (χ0n) is 15.1. The second kappa shape index (κ2) is 7.29. The molecule has 2 heterocycles. The molecule has 1 N–H and O–H groups in total. The fourth-order valence-electron chi connectivity index (χ4n) is 2.86. The lowest BCUT2D eigenvalue weighted by Crippen LogP contribution is -2.14. The van der Waals surface area contributed by atoms with E-state index in [2.05, 4.69) is 15.3 Å². The summed E-state index contributed by atoms with van der Waals surface area (Å²) in [7, 11) is 0. The number of aromatic nitrogens is 2. The van der Waals surface area contributed by atoms with Crippen LogP contribution in [-0.2, 0) is 6.18 Å². The summed E-state index contributed by atoms with van der Waals surface area (Å²) < 4.78 is 38.6. The van der Waals surface area contributed by atoms with Gasteiger partial charge in [-0.15, -0.1) is 0 Å². The lowest BCUT2D eigenvalue weighted by Gasteiger charge is -2.11. The first-order valence-corrected chi connectivity index (χ1v) is 9.44. The van der Waals surface area contributed by atoms with Gasteiger partial charge < -0.3 is 5.32 Å². The van der Waals surface area contributed by atoms with Gasteiger partial charge in [-0.3, -0.25) is 4.79 Å². The summed E-state index contributed by atoms with van der Waals surface area (Å²) in [6.07, 6.45) is -2.79. The van der Waals surface area contributed by atoms with Crippen molar-refractivity contribution >= 4 is 33.3 Å². The van der Waals surface area contributed by atoms with Crippen LogP contribution in [0.1, 0.15) is 21.5 Å². The number of nitrogens with zero attached hydrogens (tertiary/aromatic N) is 2. The molecule has 0 saturated heterocycles. The minimum absolute atomic E-state index is 0.0550. The van der Waals surface area contributed by atoms with E-state index in [1.807, 2.05) is 31.2 Å². The number of nitrogens with one attached hydrogen (secondary N) is 1. The average molecular weight is 413 g/mol. The molecule has 0 spiro atoms. The van der Waals surface area contributed by atoms with Crippen LogP contribution in [0.25, 0.3) is 20.9 Å². The van der Waals surface area contributed by atoms with Gasteiger partial charge in [-0.05, 0) is 61.0 Å². The Labute approximate surface area is 168 Å². The number of halogens is 3. The maximum atomic E-state index is 12.9. The van der Waals surface area contributed by atoms with Crippen molar-refractivity contribution < 1.29 is 18.0 Å². The molecule has 1 amide bonds. The Balaban J connectivity index is 1.58. The van der Waals surface area contributed by atoms with Gasteiger partial charge in [0.25, 0.3) is 5.91 Å². The molecule has 4 rings (SSSR count). The van der Waals surface area contributed by atoms with Crippen LogP contribution in [0.15, 0.2) is 60.8 Å². The number of thiazole rings is 1. The molecule has 0 aliphatic carbocycles. The Morgan fingerprint density at radius 2 is 1.90 bits per heavy atom. The highest BCUT2D eigenvalue weighted by atomic mass is 32.1. The zero-order valence-corrected chi connectivity index (χ0v) is 15.9. The molecule has 0 atom stereocenters. The maximum Gasteiger partial charge on any atom is 0.416 e. The number of carbonyl (C=O) groups excluding carboxylic acids is 1. The smallest absolute Gasteiger partial charge is 0.322 e. The third-order valence-electron chi connectivity index (χ3n) is 4.34. The molecule has 146 valence electrons. The van der Waals surface area contributed by atoms with Gasteiger partial charge in [0.1, 0.15) is 15.4 Å². The van der Waals surface area contributed by atoms with Crippen LogP contribution in [0.3, 0.4) is 0 Å². The Kier molecular flexibility index (Phi) is 4.79. The number of anilines is 1. The standard InChI is InChI=1S/C21H14F3N3OS/c1-12-10-14(19-27-17-6-3-9-25-20(17)29-19)7-8-16(12)26-18(28)13-4-2-5-15(11-13)21(22,23)24/h2-11H,1H3,(H,26,28). The van der Waals surface area contributed by atoms with Gasteiger partial charge in [0.2, 0.25) is 0 Å². The van der Waals surface area contributed by atoms with Crippen LogP contribution in [0, 0.1) is 6.92 Å². The van der Waals surface area contributed by atoms with E-state index >= 15 is 0 Å². The molecule has 0 radical (unpaired) electrons. The Morgan fingerprint density at radius 1 is 1.07 bits per heavy atom. The van der Waals surface area contributed by atoms with Gasteiger partial charge in [0.15, 0.2) is 0 Å². The highest BCUT2D eigenvalue weighted by Crippen LogP contribution is 2.32. The van der Waals surface area contributed by atoms with E-state index in [9.17, 15) is 18.0 Å². The number of hydrogen-bond donors (Lipinski definition) is 1. The van der Waals surface area contributed by atoms with Crippen LogP contribution in [0.5, 0.6) is 0 Å². The summed E-state index contributed by atoms with van der Waals surface area (Å²) in [6, 6.07) is 13.5. The highest BCUT2D eigenvalue weighted by Gasteiger charge is 2.30. The molecule has 2 aromatic carbocycles. The monoisotopic (exact) mass is 413 g/mol. The molecule has 4 aromatic rings. The number of benzene rings is 2. The van der Waals surface area contributed by atoms with Gasteiger partial charge in [-0.2, -0.15) is 13.2 Å². The molecule has 0 unspecified atom stereocenters. The summed E-state index contributed by atoms with van der Waals surface area (Å²) >= 11 is 1.46. The molecule has 0 fully saturated rings. The number of amides is 1. The number of hydrogen-bond acceptors (Lipinski definition) is 4. The Bertz CT molecular complexity index is 1180. The topological polar surface area (TPSA) is 54.9 Å². The Morgan fingerprint density at radius 3 is 2.62 bits per heavy atom. The van der Waals surface area contributed by atoms with Crippen molar-refractivity contribution in [3.63, 3.8) is 0 Å². The van der Waals surface area contributed by atoms with Crippen molar-refractivity contribution in [3.05, 3.63) is 77.5 Å². The fourth-order valence-corrected chi connectivity index (χ4v) is 3.77. The molecular weight excluding hydrogens is 399 g/mol. The number of alkyl halides is 3. The summed E-state index contributed by atoms with van der Waals surface area (Å²) in [5.74, 6) is -0.601. The van der Waals surface area contributed by atoms with Gasteiger partial charge in [-0.1, -0.05) is 17.4 Å². The summed E-state index contributed by atoms with van der Waals surface area (Å²) in [4.78, 5) is 22.1. The molecule has 0 saturated carbocycles. The molecule has 2 aromatic heterocycles. The first-order chi connectivity index (χ1) is 13.8. The van der Waals surface area contributed by atoms with Crippen LogP contribution in [0.4, 0.5) is 18.9 Å². The number of aryl methyl sites for hydroxylation is 1. The molecule has 0 aliphatic heterocycles. The molecule has 0 aliphatic rings. The number of carbonyl (C=O) groups is 1. The van der Waals surface area contributed by atoms with Gasteiger partial charge >= 0.3 is 6.18 Å². The number of fused-ring (bicyclic) bond motifs is 1. The molecular formula is C21H14F3N3OS. The highest BCUT2D eigenvalue weighted by molar-refractivity contribution is 7.21. The van der Waals surface area contributed by atoms with Crippen molar-refractivity contribution in [2.75, 3.05) is 5.32 Å². The van der Waals surface area contributed by atoms with E-state index in [-0.39, 0.29) is 5.56 Å². The van der Waals surface area contributed by atoms with E-state index in [0.29, 0.717) is 5.69 Å². The second-order valence-corrected chi connectivity index (χ2v) is 7.39. The predicted molar refractivity (Wildman–Crippen MR) is 107 cm³/mol. The lowest BCUT2D eigenvalue weighted by molar-refractivity contribution is -0.137. The summed E-state index contributed by atoms with van der Waals surface area (Å²) in [5.41, 5.74) is 2.07. The lowest BCUT2D eigenvalue weighted by atomic mass is 10.1.